The highest BCUT2D eigenvalue weighted by atomic mass is 19.1. The maximum atomic E-state index is 14.2. The van der Waals surface area contributed by atoms with E-state index < -0.39 is 11.9 Å². The van der Waals surface area contributed by atoms with Crippen molar-refractivity contribution in [3.63, 3.8) is 0 Å². The van der Waals surface area contributed by atoms with Gasteiger partial charge in [-0.1, -0.05) is 30.3 Å². The zero-order valence-electron chi connectivity index (χ0n) is 17.1. The highest BCUT2D eigenvalue weighted by Gasteiger charge is 2.39. The minimum atomic E-state index is -0.617. The SMILES string of the molecule is COc1ccc(C(=O)N2C[C@@H](NC(C)=O)C[C@H]2c2nc(-c3ccccc3)n[nH]2)cc1F. The Morgan fingerprint density at radius 2 is 2.00 bits per heavy atom. The topological polar surface area (TPSA) is 100 Å². The van der Waals surface area contributed by atoms with Gasteiger partial charge >= 0.3 is 0 Å². The lowest BCUT2D eigenvalue weighted by molar-refractivity contribution is -0.119. The monoisotopic (exact) mass is 423 g/mol. The summed E-state index contributed by atoms with van der Waals surface area (Å²) in [6, 6.07) is 12.9. The number of aromatic nitrogens is 3. The number of carbonyl (C=O) groups excluding carboxylic acids is 2. The molecule has 1 aliphatic heterocycles. The number of rotatable bonds is 5. The van der Waals surface area contributed by atoms with Crippen LogP contribution in [0.4, 0.5) is 4.39 Å². The molecule has 2 heterocycles. The molecule has 31 heavy (non-hydrogen) atoms. The average molecular weight is 423 g/mol. The summed E-state index contributed by atoms with van der Waals surface area (Å²) in [7, 11) is 1.36. The summed E-state index contributed by atoms with van der Waals surface area (Å²) in [5, 5.41) is 10.1. The van der Waals surface area contributed by atoms with Crippen molar-refractivity contribution in [3.05, 3.63) is 65.7 Å². The third-order valence-electron chi connectivity index (χ3n) is 5.22. The summed E-state index contributed by atoms with van der Waals surface area (Å²) in [6.07, 6.45) is 0.466. The van der Waals surface area contributed by atoms with Crippen LogP contribution in [0.2, 0.25) is 0 Å². The van der Waals surface area contributed by atoms with Crippen molar-refractivity contribution in [2.75, 3.05) is 13.7 Å². The Morgan fingerprint density at radius 1 is 1.23 bits per heavy atom. The van der Waals surface area contributed by atoms with E-state index in [9.17, 15) is 14.0 Å². The number of methoxy groups -OCH3 is 1. The zero-order valence-corrected chi connectivity index (χ0v) is 17.1. The number of ether oxygens (including phenoxy) is 1. The maximum absolute atomic E-state index is 14.2. The Hall–Kier alpha value is -3.75. The molecule has 4 rings (SSSR count). The van der Waals surface area contributed by atoms with Crippen molar-refractivity contribution in [1.82, 2.24) is 25.4 Å². The van der Waals surface area contributed by atoms with Gasteiger partial charge in [0, 0.05) is 30.6 Å². The molecule has 0 unspecified atom stereocenters. The van der Waals surface area contributed by atoms with Crippen molar-refractivity contribution >= 4 is 11.8 Å². The first-order valence-electron chi connectivity index (χ1n) is 9.85. The van der Waals surface area contributed by atoms with Gasteiger partial charge < -0.3 is 15.0 Å². The van der Waals surface area contributed by atoms with E-state index in [4.69, 9.17) is 4.74 Å². The third kappa shape index (κ3) is 4.25. The van der Waals surface area contributed by atoms with E-state index in [1.807, 2.05) is 30.3 Å². The number of benzene rings is 2. The zero-order chi connectivity index (χ0) is 22.0. The molecule has 1 saturated heterocycles. The number of hydrogen-bond donors (Lipinski definition) is 2. The lowest BCUT2D eigenvalue weighted by Crippen LogP contribution is -2.37. The van der Waals surface area contributed by atoms with E-state index in [0.717, 1.165) is 11.6 Å². The quantitative estimate of drug-likeness (QED) is 0.657. The number of likely N-dealkylation sites (tertiary alicyclic amines) is 1. The normalized spacial score (nSPS) is 18.1. The summed E-state index contributed by atoms with van der Waals surface area (Å²) < 4.78 is 19.1. The molecule has 1 aliphatic rings. The van der Waals surface area contributed by atoms with Crippen LogP contribution in [0.3, 0.4) is 0 Å². The van der Waals surface area contributed by atoms with Gasteiger partial charge in [-0.25, -0.2) is 9.37 Å². The number of nitrogens with one attached hydrogen (secondary N) is 2. The average Bonchev–Trinajstić information content (AvgIpc) is 3.40. The highest BCUT2D eigenvalue weighted by molar-refractivity contribution is 5.95. The van der Waals surface area contributed by atoms with Crippen molar-refractivity contribution < 1.29 is 18.7 Å². The van der Waals surface area contributed by atoms with E-state index in [2.05, 4.69) is 20.5 Å². The van der Waals surface area contributed by atoms with Gasteiger partial charge in [0.25, 0.3) is 5.91 Å². The largest absolute Gasteiger partial charge is 0.494 e. The Bertz CT molecular complexity index is 1100. The Morgan fingerprint density at radius 3 is 2.68 bits per heavy atom. The van der Waals surface area contributed by atoms with Crippen LogP contribution < -0.4 is 10.1 Å². The van der Waals surface area contributed by atoms with Crippen molar-refractivity contribution in [3.8, 4) is 17.1 Å². The number of aromatic amines is 1. The van der Waals surface area contributed by atoms with Crippen LogP contribution in [-0.4, -0.2) is 51.6 Å². The predicted octanol–water partition coefficient (Wildman–Crippen LogP) is 2.71. The molecule has 160 valence electrons. The van der Waals surface area contributed by atoms with E-state index in [0.29, 0.717) is 18.1 Å². The van der Waals surface area contributed by atoms with Crippen LogP contribution in [0.1, 0.15) is 35.6 Å². The van der Waals surface area contributed by atoms with E-state index in [1.54, 1.807) is 4.90 Å². The van der Waals surface area contributed by atoms with Crippen molar-refractivity contribution in [2.45, 2.75) is 25.4 Å². The minimum absolute atomic E-state index is 0.0633. The van der Waals surface area contributed by atoms with Gasteiger partial charge in [-0.05, 0) is 24.6 Å². The first-order valence-corrected chi connectivity index (χ1v) is 9.85. The summed E-state index contributed by atoms with van der Waals surface area (Å²) in [4.78, 5) is 31.0. The van der Waals surface area contributed by atoms with Crippen LogP contribution in [0.15, 0.2) is 48.5 Å². The lowest BCUT2D eigenvalue weighted by atomic mass is 10.1. The standard InChI is InChI=1S/C22H22FN5O3/c1-13(29)24-16-11-18(21-25-20(26-27-21)14-6-4-3-5-7-14)28(12-16)22(30)15-8-9-19(31-2)17(23)10-15/h3-10,16,18H,11-12H2,1-2H3,(H,24,29)(H,25,26,27)/t16-,18-/m0/s1. The van der Waals surface area contributed by atoms with Gasteiger partial charge in [0.2, 0.25) is 5.91 Å². The van der Waals surface area contributed by atoms with Gasteiger partial charge in [-0.3, -0.25) is 14.7 Å². The van der Waals surface area contributed by atoms with Gasteiger partial charge in [0.1, 0.15) is 5.82 Å². The number of amides is 2. The first kappa shape index (κ1) is 20.5. The molecule has 2 aromatic carbocycles. The van der Waals surface area contributed by atoms with Gasteiger partial charge in [0.15, 0.2) is 17.4 Å². The number of carbonyl (C=O) groups is 2. The number of hydrogen-bond acceptors (Lipinski definition) is 5. The van der Waals surface area contributed by atoms with Crippen LogP contribution in [0, 0.1) is 5.82 Å². The maximum Gasteiger partial charge on any atom is 0.254 e. The summed E-state index contributed by atoms with van der Waals surface area (Å²) in [5.41, 5.74) is 1.03. The highest BCUT2D eigenvalue weighted by Crippen LogP contribution is 2.33. The molecule has 1 fully saturated rings. The van der Waals surface area contributed by atoms with Crippen LogP contribution in [0.25, 0.3) is 11.4 Å². The molecule has 0 saturated carbocycles. The third-order valence-corrected chi connectivity index (χ3v) is 5.22. The molecule has 9 heteroatoms. The molecule has 0 aliphatic carbocycles. The predicted molar refractivity (Wildman–Crippen MR) is 111 cm³/mol. The van der Waals surface area contributed by atoms with Gasteiger partial charge in [0.05, 0.1) is 13.2 Å². The molecule has 8 nitrogen and oxygen atoms in total. The fraction of sp³-hybridized carbons (Fsp3) is 0.273. The minimum Gasteiger partial charge on any atom is -0.494 e. The van der Waals surface area contributed by atoms with Crippen molar-refractivity contribution in [1.29, 1.82) is 0 Å². The smallest absolute Gasteiger partial charge is 0.254 e. The molecular formula is C22H22FN5O3. The van der Waals surface area contributed by atoms with Crippen LogP contribution >= 0.6 is 0 Å². The fourth-order valence-corrected chi connectivity index (χ4v) is 3.82. The van der Waals surface area contributed by atoms with Crippen LogP contribution in [-0.2, 0) is 4.79 Å². The molecule has 0 radical (unpaired) electrons. The molecule has 2 N–H and O–H groups in total. The number of nitrogens with zero attached hydrogens (tertiary/aromatic N) is 3. The fourth-order valence-electron chi connectivity index (χ4n) is 3.82. The Balaban J connectivity index is 1.64. The number of H-pyrrole nitrogens is 1. The van der Waals surface area contributed by atoms with E-state index in [-0.39, 0.29) is 35.7 Å². The summed E-state index contributed by atoms with van der Waals surface area (Å²) in [5.74, 6) is -0.0782. The van der Waals surface area contributed by atoms with Gasteiger partial charge in [-0.2, -0.15) is 5.10 Å². The second kappa shape index (κ2) is 8.55. The molecule has 0 spiro atoms. The summed E-state index contributed by atoms with van der Waals surface area (Å²) >= 11 is 0. The van der Waals surface area contributed by atoms with E-state index in [1.165, 1.54) is 26.2 Å². The second-order valence-corrected chi connectivity index (χ2v) is 7.37. The van der Waals surface area contributed by atoms with Gasteiger partial charge in [-0.15, -0.1) is 0 Å². The van der Waals surface area contributed by atoms with E-state index >= 15 is 0 Å². The molecule has 0 bridgehead atoms. The molecule has 2 atom stereocenters. The first-order chi connectivity index (χ1) is 15.0. The molecule has 2 amide bonds. The lowest BCUT2D eigenvalue weighted by Gasteiger charge is -2.23. The number of halogens is 1. The Labute approximate surface area is 178 Å². The molecule has 3 aromatic rings. The molecule has 1 aromatic heterocycles. The second-order valence-electron chi connectivity index (χ2n) is 7.37. The molecular weight excluding hydrogens is 401 g/mol. The Kier molecular flexibility index (Phi) is 5.66. The van der Waals surface area contributed by atoms with Crippen LogP contribution in [0.5, 0.6) is 5.75 Å². The summed E-state index contributed by atoms with van der Waals surface area (Å²) in [6.45, 7) is 1.71. The van der Waals surface area contributed by atoms with Crippen molar-refractivity contribution in [2.24, 2.45) is 0 Å².